The van der Waals surface area contributed by atoms with E-state index in [0.717, 1.165) is 9.13 Å². The van der Waals surface area contributed by atoms with E-state index in [2.05, 4.69) is 38.4 Å². The third kappa shape index (κ3) is 8.93. The zero-order valence-corrected chi connectivity index (χ0v) is 24.5. The van der Waals surface area contributed by atoms with Crippen LogP contribution in [0.3, 0.4) is 0 Å². The number of hydrazone groups is 1. The fraction of sp³-hybridized carbons (Fsp3) is 0.160. The molecule has 0 aromatic heterocycles. The van der Waals surface area contributed by atoms with Gasteiger partial charge in [0.1, 0.15) is 13.0 Å². The second-order valence-electron chi connectivity index (χ2n) is 7.43. The molecule has 0 atom stereocenters. The molecule has 3 aromatic carbocycles. The summed E-state index contributed by atoms with van der Waals surface area (Å²) >= 11 is 26.1. The monoisotopic (exact) mass is 693 g/mol. The Morgan fingerprint density at radius 2 is 1.73 bits per heavy atom. The standard InChI is InChI=1S/C25H20Cl4IN3O4/c1-2-36-22-8-14(7-21(30)25(22)37-13-15-3-4-16(26)9-19(15)28)12-31-33-24(35)11-23(34)32-17-5-6-18(27)20(29)10-17/h3-10,12H,2,11,13H2,1H3,(H,32,34)(H,33,35). The summed E-state index contributed by atoms with van der Waals surface area (Å²) in [6.07, 6.45) is 1.01. The number of rotatable bonds is 10. The number of nitrogens with one attached hydrogen (secondary N) is 2. The van der Waals surface area contributed by atoms with Crippen LogP contribution in [-0.4, -0.2) is 24.6 Å². The Morgan fingerprint density at radius 1 is 0.946 bits per heavy atom. The zero-order chi connectivity index (χ0) is 26.9. The Kier molecular flexibility index (Phi) is 11.1. The van der Waals surface area contributed by atoms with Crippen molar-refractivity contribution in [3.05, 3.63) is 83.3 Å². The second kappa shape index (κ2) is 14.1. The molecule has 194 valence electrons. The molecule has 0 aliphatic heterocycles. The summed E-state index contributed by atoms with van der Waals surface area (Å²) in [5.41, 5.74) is 4.20. The maximum absolute atomic E-state index is 12.1. The molecule has 0 unspecified atom stereocenters. The Labute approximate surface area is 247 Å². The molecule has 0 fully saturated rings. The Hall–Kier alpha value is -2.24. The van der Waals surface area contributed by atoms with Crippen molar-refractivity contribution in [3.8, 4) is 11.5 Å². The Balaban J connectivity index is 1.61. The highest BCUT2D eigenvalue weighted by Crippen LogP contribution is 2.35. The minimum absolute atomic E-state index is 0.222. The lowest BCUT2D eigenvalue weighted by molar-refractivity contribution is -0.126. The number of benzene rings is 3. The third-order valence-corrected chi connectivity index (χ3v) is 6.77. The van der Waals surface area contributed by atoms with Gasteiger partial charge in [0.2, 0.25) is 11.8 Å². The topological polar surface area (TPSA) is 89.0 Å². The van der Waals surface area contributed by atoms with Gasteiger partial charge in [0.05, 0.1) is 26.4 Å². The first-order valence-corrected chi connectivity index (χ1v) is 13.3. The van der Waals surface area contributed by atoms with Crippen molar-refractivity contribution in [2.24, 2.45) is 5.10 Å². The molecule has 0 saturated carbocycles. The van der Waals surface area contributed by atoms with Crippen LogP contribution in [0.25, 0.3) is 0 Å². The van der Waals surface area contributed by atoms with Gasteiger partial charge in [0.25, 0.3) is 0 Å². The lowest BCUT2D eigenvalue weighted by atomic mass is 10.2. The van der Waals surface area contributed by atoms with E-state index in [1.54, 1.807) is 36.4 Å². The third-order valence-electron chi connectivity index (χ3n) is 4.65. The number of anilines is 1. The first-order valence-electron chi connectivity index (χ1n) is 10.8. The van der Waals surface area contributed by atoms with E-state index >= 15 is 0 Å². The molecule has 37 heavy (non-hydrogen) atoms. The predicted octanol–water partition coefficient (Wildman–Crippen LogP) is 7.36. The van der Waals surface area contributed by atoms with Crippen molar-refractivity contribution >= 4 is 92.7 Å². The van der Waals surface area contributed by atoms with Gasteiger partial charge in [-0.05, 0) is 77.5 Å². The summed E-state index contributed by atoms with van der Waals surface area (Å²) in [5, 5.41) is 8.21. The van der Waals surface area contributed by atoms with Crippen molar-refractivity contribution in [3.63, 3.8) is 0 Å². The smallest absolute Gasteiger partial charge is 0.249 e. The molecule has 7 nitrogen and oxygen atoms in total. The van der Waals surface area contributed by atoms with Gasteiger partial charge in [0, 0.05) is 21.3 Å². The maximum atomic E-state index is 12.1. The first kappa shape index (κ1) is 29.3. The van der Waals surface area contributed by atoms with Gasteiger partial charge in [-0.15, -0.1) is 0 Å². The van der Waals surface area contributed by atoms with Gasteiger partial charge >= 0.3 is 0 Å². The lowest BCUT2D eigenvalue weighted by Gasteiger charge is -2.15. The van der Waals surface area contributed by atoms with Crippen LogP contribution in [0.15, 0.2) is 53.6 Å². The first-order chi connectivity index (χ1) is 17.7. The summed E-state index contributed by atoms with van der Waals surface area (Å²) < 4.78 is 12.5. The minimum atomic E-state index is -0.590. The van der Waals surface area contributed by atoms with Crippen LogP contribution in [0.1, 0.15) is 24.5 Å². The number of amides is 2. The molecule has 12 heteroatoms. The normalized spacial score (nSPS) is 10.9. The van der Waals surface area contributed by atoms with E-state index < -0.39 is 18.2 Å². The molecule has 3 rings (SSSR count). The van der Waals surface area contributed by atoms with Crippen molar-refractivity contribution in [1.29, 1.82) is 0 Å². The molecule has 0 radical (unpaired) electrons. The van der Waals surface area contributed by atoms with Gasteiger partial charge in [-0.2, -0.15) is 5.10 Å². The molecule has 0 heterocycles. The summed E-state index contributed by atoms with van der Waals surface area (Å²) in [4.78, 5) is 24.2. The molecular formula is C25H20Cl4IN3O4. The van der Waals surface area contributed by atoms with Crippen LogP contribution >= 0.6 is 69.0 Å². The zero-order valence-electron chi connectivity index (χ0n) is 19.3. The highest BCUT2D eigenvalue weighted by Gasteiger charge is 2.14. The van der Waals surface area contributed by atoms with E-state index in [-0.39, 0.29) is 6.61 Å². The number of hydrogen-bond donors (Lipinski definition) is 2. The van der Waals surface area contributed by atoms with E-state index in [4.69, 9.17) is 55.9 Å². The maximum Gasteiger partial charge on any atom is 0.249 e. The molecule has 0 saturated heterocycles. The Bertz CT molecular complexity index is 1340. The number of ether oxygens (including phenoxy) is 2. The van der Waals surface area contributed by atoms with Crippen molar-refractivity contribution in [1.82, 2.24) is 5.43 Å². The molecule has 0 aliphatic carbocycles. The molecule has 0 spiro atoms. The predicted molar refractivity (Wildman–Crippen MR) is 157 cm³/mol. The highest BCUT2D eigenvalue weighted by atomic mass is 127. The van der Waals surface area contributed by atoms with Crippen molar-refractivity contribution < 1.29 is 19.1 Å². The van der Waals surface area contributed by atoms with Gasteiger partial charge in [-0.3, -0.25) is 9.59 Å². The van der Waals surface area contributed by atoms with Crippen LogP contribution in [0.4, 0.5) is 5.69 Å². The van der Waals surface area contributed by atoms with Crippen LogP contribution in [0.2, 0.25) is 20.1 Å². The van der Waals surface area contributed by atoms with Crippen LogP contribution in [0.5, 0.6) is 11.5 Å². The van der Waals surface area contributed by atoms with E-state index in [0.29, 0.717) is 49.4 Å². The Morgan fingerprint density at radius 3 is 2.43 bits per heavy atom. The van der Waals surface area contributed by atoms with Gasteiger partial charge in [-0.25, -0.2) is 5.43 Å². The van der Waals surface area contributed by atoms with E-state index in [9.17, 15) is 9.59 Å². The van der Waals surface area contributed by atoms with Crippen molar-refractivity contribution in [2.45, 2.75) is 20.0 Å². The average Bonchev–Trinajstić information content (AvgIpc) is 2.82. The van der Waals surface area contributed by atoms with Gasteiger partial charge < -0.3 is 14.8 Å². The average molecular weight is 695 g/mol. The fourth-order valence-corrected chi connectivity index (χ4v) is 4.54. The molecule has 3 aromatic rings. The summed E-state index contributed by atoms with van der Waals surface area (Å²) in [6.45, 7) is 2.50. The number of halogens is 5. The van der Waals surface area contributed by atoms with Crippen molar-refractivity contribution in [2.75, 3.05) is 11.9 Å². The quantitative estimate of drug-likeness (QED) is 0.101. The largest absolute Gasteiger partial charge is 0.490 e. The van der Waals surface area contributed by atoms with E-state index in [1.807, 2.05) is 13.0 Å². The van der Waals surface area contributed by atoms with Crippen LogP contribution in [0, 0.1) is 3.57 Å². The highest BCUT2D eigenvalue weighted by molar-refractivity contribution is 14.1. The van der Waals surface area contributed by atoms with Gasteiger partial charge in [0.15, 0.2) is 11.5 Å². The lowest BCUT2D eigenvalue weighted by Crippen LogP contribution is -2.24. The minimum Gasteiger partial charge on any atom is -0.490 e. The summed E-state index contributed by atoms with van der Waals surface area (Å²) in [6, 6.07) is 13.4. The number of carbonyl (C=O) groups is 2. The van der Waals surface area contributed by atoms with E-state index in [1.165, 1.54) is 12.3 Å². The summed E-state index contributed by atoms with van der Waals surface area (Å²) in [5.74, 6) is -0.0585. The van der Waals surface area contributed by atoms with Crippen LogP contribution < -0.4 is 20.2 Å². The summed E-state index contributed by atoms with van der Waals surface area (Å²) in [7, 11) is 0. The molecule has 0 aliphatic rings. The number of hydrogen-bond acceptors (Lipinski definition) is 5. The number of carbonyl (C=O) groups excluding carboxylic acids is 2. The number of nitrogens with zero attached hydrogens (tertiary/aromatic N) is 1. The molecular weight excluding hydrogens is 675 g/mol. The second-order valence-corrected chi connectivity index (χ2v) is 10.3. The molecule has 2 N–H and O–H groups in total. The SMILES string of the molecule is CCOc1cc(C=NNC(=O)CC(=O)Nc2ccc(Cl)c(Cl)c2)cc(I)c1OCc1ccc(Cl)cc1Cl. The fourth-order valence-electron chi connectivity index (χ4n) is 3.00. The van der Waals surface area contributed by atoms with Crippen LogP contribution in [-0.2, 0) is 16.2 Å². The van der Waals surface area contributed by atoms with Gasteiger partial charge in [-0.1, -0.05) is 52.5 Å². The molecule has 0 bridgehead atoms. The molecule has 2 amide bonds.